The van der Waals surface area contributed by atoms with E-state index in [-0.39, 0.29) is 16.8 Å². The summed E-state index contributed by atoms with van der Waals surface area (Å²) >= 11 is 6.10. The number of nitrogens with zero attached hydrogens (tertiary/aromatic N) is 1. The van der Waals surface area contributed by atoms with Gasteiger partial charge in [-0.2, -0.15) is 0 Å². The van der Waals surface area contributed by atoms with Crippen LogP contribution in [0.1, 0.15) is 24.0 Å². The average molecular weight is 335 g/mol. The summed E-state index contributed by atoms with van der Waals surface area (Å²) in [6.45, 7) is 5.05. The van der Waals surface area contributed by atoms with E-state index in [9.17, 15) is 9.59 Å². The van der Waals surface area contributed by atoms with E-state index in [1.54, 1.807) is 6.07 Å². The van der Waals surface area contributed by atoms with Crippen molar-refractivity contribution in [3.63, 3.8) is 0 Å². The smallest absolute Gasteiger partial charge is 0.283 e. The van der Waals surface area contributed by atoms with Gasteiger partial charge < -0.3 is 10.1 Å². The van der Waals surface area contributed by atoms with Gasteiger partial charge >= 0.3 is 0 Å². The van der Waals surface area contributed by atoms with Crippen LogP contribution in [0.25, 0.3) is 0 Å². The molecule has 3 rings (SSSR count). The molecule has 0 saturated carbocycles. The fourth-order valence-electron chi connectivity index (χ4n) is 2.95. The molecule has 0 spiro atoms. The van der Waals surface area contributed by atoms with Crippen molar-refractivity contribution in [2.45, 2.75) is 32.8 Å². The number of hydrogen-bond acceptors (Lipinski definition) is 4. The number of rotatable bonds is 4. The van der Waals surface area contributed by atoms with Gasteiger partial charge in [0.2, 0.25) is 0 Å². The molecule has 5 nitrogen and oxygen atoms in total. The summed E-state index contributed by atoms with van der Waals surface area (Å²) in [6.07, 6.45) is 2.02. The molecule has 1 atom stereocenters. The lowest BCUT2D eigenvalue weighted by atomic mass is 10.1. The van der Waals surface area contributed by atoms with Crippen LogP contribution in [0, 0.1) is 13.8 Å². The second-order valence-electron chi connectivity index (χ2n) is 5.94. The van der Waals surface area contributed by atoms with E-state index in [2.05, 4.69) is 5.32 Å². The standard InChI is InChI=1S/C17H19ClN2O3/c1-10-5-6-13(11(2)8-10)20-16(21)14(18)15(17(20)22)19-9-12-4-3-7-23-12/h5-6,8,12,19H,3-4,7,9H2,1-2H3. The number of carbonyl (C=O) groups excluding carboxylic acids is 2. The van der Waals surface area contributed by atoms with Crippen LogP contribution in [0.15, 0.2) is 28.9 Å². The molecule has 6 heteroatoms. The van der Waals surface area contributed by atoms with Gasteiger partial charge in [-0.05, 0) is 38.3 Å². The normalized spacial score (nSPS) is 21.5. The Bertz CT molecular complexity index is 693. The maximum absolute atomic E-state index is 12.6. The number of benzene rings is 1. The predicted molar refractivity (Wildman–Crippen MR) is 88.3 cm³/mol. The Morgan fingerprint density at radius 3 is 2.74 bits per heavy atom. The van der Waals surface area contributed by atoms with Crippen LogP contribution >= 0.6 is 11.6 Å². The molecule has 2 heterocycles. The zero-order valence-electron chi connectivity index (χ0n) is 13.2. The van der Waals surface area contributed by atoms with Gasteiger partial charge in [0.15, 0.2) is 0 Å². The number of anilines is 1. The molecule has 1 aromatic carbocycles. The molecule has 1 unspecified atom stereocenters. The second-order valence-corrected chi connectivity index (χ2v) is 6.32. The topological polar surface area (TPSA) is 58.6 Å². The minimum absolute atomic E-state index is 0.0602. The summed E-state index contributed by atoms with van der Waals surface area (Å²) in [6, 6.07) is 5.57. The van der Waals surface area contributed by atoms with Crippen LogP contribution in [-0.4, -0.2) is 31.1 Å². The molecule has 0 aromatic heterocycles. The van der Waals surface area contributed by atoms with Crippen LogP contribution in [0.2, 0.25) is 0 Å². The molecule has 0 bridgehead atoms. The maximum atomic E-state index is 12.6. The third-order valence-corrected chi connectivity index (χ3v) is 4.50. The van der Waals surface area contributed by atoms with Gasteiger partial charge in [-0.15, -0.1) is 0 Å². The largest absolute Gasteiger partial charge is 0.377 e. The number of aryl methyl sites for hydroxylation is 2. The molecule has 1 fully saturated rings. The highest BCUT2D eigenvalue weighted by atomic mass is 35.5. The number of amides is 2. The zero-order valence-corrected chi connectivity index (χ0v) is 13.9. The maximum Gasteiger partial charge on any atom is 0.283 e. The van der Waals surface area contributed by atoms with Crippen molar-refractivity contribution in [3.05, 3.63) is 40.1 Å². The average Bonchev–Trinajstić information content (AvgIpc) is 3.08. The van der Waals surface area contributed by atoms with Gasteiger partial charge in [0.1, 0.15) is 10.7 Å². The van der Waals surface area contributed by atoms with Crippen molar-refractivity contribution < 1.29 is 14.3 Å². The third kappa shape index (κ3) is 2.99. The Balaban J connectivity index is 1.80. The summed E-state index contributed by atoms with van der Waals surface area (Å²) in [4.78, 5) is 26.2. The highest BCUT2D eigenvalue weighted by Crippen LogP contribution is 2.30. The van der Waals surface area contributed by atoms with Gasteiger partial charge in [-0.3, -0.25) is 9.59 Å². The van der Waals surface area contributed by atoms with Crippen LogP contribution in [0.4, 0.5) is 5.69 Å². The first-order valence-electron chi connectivity index (χ1n) is 7.70. The molecule has 0 aliphatic carbocycles. The minimum Gasteiger partial charge on any atom is -0.377 e. The van der Waals surface area contributed by atoms with E-state index in [1.807, 2.05) is 26.0 Å². The SMILES string of the molecule is Cc1ccc(N2C(=O)C(Cl)=C(NCC3CCCO3)C2=O)c(C)c1. The first kappa shape index (κ1) is 16.0. The fourth-order valence-corrected chi connectivity index (χ4v) is 3.18. The second kappa shape index (κ2) is 6.34. The van der Waals surface area contributed by atoms with Gasteiger partial charge in [0.25, 0.3) is 11.8 Å². The van der Waals surface area contributed by atoms with Crippen molar-refractivity contribution >= 4 is 29.1 Å². The van der Waals surface area contributed by atoms with Crippen LogP contribution in [0.5, 0.6) is 0 Å². The molecule has 1 N–H and O–H groups in total. The summed E-state index contributed by atoms with van der Waals surface area (Å²) in [5, 5.41) is 2.93. The number of hydrogen-bond donors (Lipinski definition) is 1. The number of halogens is 1. The fraction of sp³-hybridized carbons (Fsp3) is 0.412. The van der Waals surface area contributed by atoms with Crippen molar-refractivity contribution in [1.82, 2.24) is 5.32 Å². The summed E-state index contributed by atoms with van der Waals surface area (Å²) in [5.41, 5.74) is 2.66. The highest BCUT2D eigenvalue weighted by Gasteiger charge is 2.39. The lowest BCUT2D eigenvalue weighted by Gasteiger charge is -2.18. The Morgan fingerprint density at radius 2 is 2.09 bits per heavy atom. The number of nitrogens with one attached hydrogen (secondary N) is 1. The monoisotopic (exact) mass is 334 g/mol. The van der Waals surface area contributed by atoms with E-state index >= 15 is 0 Å². The third-order valence-electron chi connectivity index (χ3n) is 4.15. The quantitative estimate of drug-likeness (QED) is 0.859. The molecule has 1 saturated heterocycles. The first-order chi connectivity index (χ1) is 11.0. The predicted octanol–water partition coefficient (Wildman–Crippen LogP) is 2.40. The molecule has 2 aliphatic heterocycles. The summed E-state index contributed by atoms with van der Waals surface area (Å²) in [5.74, 6) is -0.900. The van der Waals surface area contributed by atoms with Crippen LogP contribution < -0.4 is 10.2 Å². The molecule has 0 radical (unpaired) electrons. The van der Waals surface area contributed by atoms with Crippen molar-refractivity contribution in [2.24, 2.45) is 0 Å². The highest BCUT2D eigenvalue weighted by molar-refractivity contribution is 6.52. The molecule has 2 aliphatic rings. The molecular weight excluding hydrogens is 316 g/mol. The van der Waals surface area contributed by atoms with Crippen LogP contribution in [-0.2, 0) is 14.3 Å². The Labute approximate surface area is 140 Å². The van der Waals surface area contributed by atoms with Gasteiger partial charge in [0, 0.05) is 13.2 Å². The lowest BCUT2D eigenvalue weighted by molar-refractivity contribution is -0.120. The Hall–Kier alpha value is -1.85. The molecular formula is C17H19ClN2O3. The Kier molecular flexibility index (Phi) is 4.41. The zero-order chi connectivity index (χ0) is 16.6. The van der Waals surface area contributed by atoms with Crippen molar-refractivity contribution in [1.29, 1.82) is 0 Å². The lowest BCUT2D eigenvalue weighted by Crippen LogP contribution is -2.35. The van der Waals surface area contributed by atoms with E-state index < -0.39 is 11.8 Å². The summed E-state index contributed by atoms with van der Waals surface area (Å²) < 4.78 is 5.52. The number of imide groups is 1. The van der Waals surface area contributed by atoms with Gasteiger partial charge in [0.05, 0.1) is 11.8 Å². The van der Waals surface area contributed by atoms with E-state index in [0.717, 1.165) is 35.5 Å². The summed E-state index contributed by atoms with van der Waals surface area (Å²) in [7, 11) is 0. The van der Waals surface area contributed by atoms with E-state index in [1.165, 1.54) is 0 Å². The minimum atomic E-state index is -0.488. The number of ether oxygens (including phenoxy) is 1. The van der Waals surface area contributed by atoms with E-state index in [4.69, 9.17) is 16.3 Å². The van der Waals surface area contributed by atoms with E-state index in [0.29, 0.717) is 12.2 Å². The van der Waals surface area contributed by atoms with Gasteiger partial charge in [-0.25, -0.2) is 4.90 Å². The van der Waals surface area contributed by atoms with Crippen LogP contribution in [0.3, 0.4) is 0 Å². The molecule has 1 aromatic rings. The first-order valence-corrected chi connectivity index (χ1v) is 8.08. The van der Waals surface area contributed by atoms with Gasteiger partial charge in [-0.1, -0.05) is 29.3 Å². The molecule has 23 heavy (non-hydrogen) atoms. The van der Waals surface area contributed by atoms with Crippen molar-refractivity contribution in [3.8, 4) is 0 Å². The Morgan fingerprint density at radius 1 is 1.30 bits per heavy atom. The molecule has 122 valence electrons. The number of carbonyl (C=O) groups is 2. The van der Waals surface area contributed by atoms with Crippen molar-refractivity contribution in [2.75, 3.05) is 18.1 Å². The molecule has 2 amide bonds.